The first-order valence-corrected chi connectivity index (χ1v) is 13.4. The fourth-order valence-electron chi connectivity index (χ4n) is 5.78. The quantitative estimate of drug-likeness (QED) is 0.536. The highest BCUT2D eigenvalue weighted by atomic mass is 19.4. The minimum absolute atomic E-state index is 0.102. The van der Waals surface area contributed by atoms with Gasteiger partial charge in [0, 0.05) is 83.2 Å². The van der Waals surface area contributed by atoms with Crippen LogP contribution in [0.1, 0.15) is 43.7 Å². The fourth-order valence-corrected chi connectivity index (χ4v) is 5.78. The predicted molar refractivity (Wildman–Crippen MR) is 140 cm³/mol. The number of hydrogen-bond acceptors (Lipinski definition) is 8. The molecule has 13 heteroatoms. The Morgan fingerprint density at radius 2 is 1.80 bits per heavy atom. The number of nitrogens with two attached hydrogens (primary N) is 1. The Hall–Kier alpha value is -3.37. The van der Waals surface area contributed by atoms with Crippen molar-refractivity contribution in [2.45, 2.75) is 63.4 Å². The maximum absolute atomic E-state index is 15.9. The highest BCUT2D eigenvalue weighted by Crippen LogP contribution is 2.43. The van der Waals surface area contributed by atoms with E-state index in [1.54, 1.807) is 29.2 Å². The number of fused-ring (bicyclic) bond motifs is 1. The van der Waals surface area contributed by atoms with Crippen LogP contribution in [0.3, 0.4) is 0 Å². The summed E-state index contributed by atoms with van der Waals surface area (Å²) in [5, 5.41) is 0. The summed E-state index contributed by atoms with van der Waals surface area (Å²) in [6, 6.07) is 5.90. The minimum Gasteiger partial charge on any atom is -0.368 e. The van der Waals surface area contributed by atoms with Gasteiger partial charge in [-0.05, 0) is 31.9 Å². The molecule has 9 nitrogen and oxygen atoms in total. The number of rotatable bonds is 6. The molecule has 216 valence electrons. The summed E-state index contributed by atoms with van der Waals surface area (Å²) in [6.45, 7) is 4.30. The molecule has 0 saturated carbocycles. The third-order valence-electron chi connectivity index (χ3n) is 7.98. The van der Waals surface area contributed by atoms with Gasteiger partial charge in [0.25, 0.3) is 5.91 Å². The van der Waals surface area contributed by atoms with Crippen molar-refractivity contribution >= 4 is 23.2 Å². The molecule has 1 unspecified atom stereocenters. The highest BCUT2D eigenvalue weighted by Gasteiger charge is 2.47. The number of carbonyl (C=O) groups excluding carboxylic acids is 1. The van der Waals surface area contributed by atoms with E-state index in [1.165, 1.54) is 0 Å². The van der Waals surface area contributed by atoms with Crippen LogP contribution in [0.2, 0.25) is 0 Å². The summed E-state index contributed by atoms with van der Waals surface area (Å²) >= 11 is 0. The molecule has 2 N–H and O–H groups in total. The number of anilines is 3. The van der Waals surface area contributed by atoms with E-state index in [-0.39, 0.29) is 24.8 Å². The lowest BCUT2D eigenvalue weighted by Gasteiger charge is -2.43. The van der Waals surface area contributed by atoms with Gasteiger partial charge in [-0.25, -0.2) is 14.4 Å². The second-order valence-corrected chi connectivity index (χ2v) is 10.6. The second-order valence-electron chi connectivity index (χ2n) is 10.6. The molecule has 2 saturated heterocycles. The Balaban J connectivity index is 1.21. The number of carbonyl (C=O) groups is 1. The van der Waals surface area contributed by atoms with Crippen LogP contribution in [0.25, 0.3) is 0 Å². The van der Waals surface area contributed by atoms with Gasteiger partial charge in [-0.15, -0.1) is 0 Å². The van der Waals surface area contributed by atoms with E-state index in [0.29, 0.717) is 63.5 Å². The van der Waals surface area contributed by atoms with Crippen LogP contribution in [0.5, 0.6) is 0 Å². The van der Waals surface area contributed by atoms with Gasteiger partial charge in [0.05, 0.1) is 5.69 Å². The van der Waals surface area contributed by atoms with Crippen molar-refractivity contribution in [3.05, 3.63) is 41.7 Å². The number of piperidine rings is 2. The van der Waals surface area contributed by atoms with Gasteiger partial charge in [0.1, 0.15) is 11.3 Å². The van der Waals surface area contributed by atoms with Crippen molar-refractivity contribution in [1.29, 1.82) is 0 Å². The molecule has 2 aromatic rings. The van der Waals surface area contributed by atoms with Gasteiger partial charge in [0.15, 0.2) is 5.67 Å². The number of likely N-dealkylation sites (tertiary alicyclic amines) is 2. The lowest BCUT2D eigenvalue weighted by molar-refractivity contribution is -0.148. The maximum Gasteiger partial charge on any atom is 0.424 e. The van der Waals surface area contributed by atoms with Crippen LogP contribution in [0.15, 0.2) is 18.5 Å². The number of ether oxygens (including phenoxy) is 1. The first-order chi connectivity index (χ1) is 19.0. The van der Waals surface area contributed by atoms with E-state index in [9.17, 15) is 18.0 Å². The molecular formula is C27H33F4N7O2. The summed E-state index contributed by atoms with van der Waals surface area (Å²) in [6.07, 6.45) is -0.596. The molecule has 3 aliphatic heterocycles. The molecule has 1 amide bonds. The average Bonchev–Trinajstić information content (AvgIpc) is 3.21. The van der Waals surface area contributed by atoms with Gasteiger partial charge >= 0.3 is 6.18 Å². The predicted octanol–water partition coefficient (Wildman–Crippen LogP) is 3.25. The third kappa shape index (κ3) is 5.47. The van der Waals surface area contributed by atoms with Gasteiger partial charge in [-0.2, -0.15) is 13.2 Å². The van der Waals surface area contributed by atoms with E-state index in [2.05, 4.69) is 27.0 Å². The van der Waals surface area contributed by atoms with Crippen molar-refractivity contribution in [2.24, 2.45) is 0 Å². The number of aromatic nitrogens is 2. The second kappa shape index (κ2) is 10.9. The molecule has 1 aromatic heterocycles. The summed E-state index contributed by atoms with van der Waals surface area (Å²) < 4.78 is 61.7. The van der Waals surface area contributed by atoms with Crippen molar-refractivity contribution in [1.82, 2.24) is 19.8 Å². The SMILES string of the molecule is CCOC1N(C)c2cc(C(F)(F)F)c#cc2N1C1CCN(C(=O)C2(F)CCN(Cc3cnc(N)nc3)CC2)CC1. The number of alkyl halides is 4. The van der Waals surface area contributed by atoms with Gasteiger partial charge in [0.2, 0.25) is 12.3 Å². The Morgan fingerprint density at radius 1 is 1.15 bits per heavy atom. The first kappa shape index (κ1) is 28.2. The van der Waals surface area contributed by atoms with Gasteiger partial charge < -0.3 is 25.2 Å². The van der Waals surface area contributed by atoms with E-state index in [1.807, 2.05) is 11.8 Å². The Bertz CT molecular complexity index is 1200. The van der Waals surface area contributed by atoms with Gasteiger partial charge in [-0.3, -0.25) is 9.69 Å². The summed E-state index contributed by atoms with van der Waals surface area (Å²) in [4.78, 5) is 28.5. The van der Waals surface area contributed by atoms with Crippen LogP contribution < -0.4 is 15.5 Å². The van der Waals surface area contributed by atoms with Crippen LogP contribution in [-0.4, -0.2) is 83.6 Å². The third-order valence-corrected chi connectivity index (χ3v) is 7.98. The molecule has 2 fully saturated rings. The van der Waals surface area contributed by atoms with E-state index in [4.69, 9.17) is 10.5 Å². The average molecular weight is 564 g/mol. The summed E-state index contributed by atoms with van der Waals surface area (Å²) in [5.74, 6) is -0.294. The van der Waals surface area contributed by atoms with E-state index >= 15 is 4.39 Å². The van der Waals surface area contributed by atoms with Crippen molar-refractivity contribution in [2.75, 3.05) is 55.4 Å². The van der Waals surface area contributed by atoms with E-state index in [0.717, 1.165) is 11.6 Å². The molecule has 5 rings (SSSR count). The molecule has 0 radical (unpaired) electrons. The molecule has 40 heavy (non-hydrogen) atoms. The highest BCUT2D eigenvalue weighted by molar-refractivity contribution is 5.85. The zero-order valence-corrected chi connectivity index (χ0v) is 22.5. The zero-order chi connectivity index (χ0) is 28.7. The monoisotopic (exact) mass is 563 g/mol. The van der Waals surface area contributed by atoms with Crippen molar-refractivity contribution in [3.8, 4) is 0 Å². The van der Waals surface area contributed by atoms with Crippen LogP contribution in [0.4, 0.5) is 34.9 Å². The Kier molecular flexibility index (Phi) is 7.67. The van der Waals surface area contributed by atoms with Crippen LogP contribution >= 0.6 is 0 Å². The van der Waals surface area contributed by atoms with Gasteiger partial charge in [-0.1, -0.05) is 6.07 Å². The van der Waals surface area contributed by atoms with Crippen LogP contribution in [0, 0.1) is 12.1 Å². The number of halogens is 4. The minimum atomic E-state index is -4.53. The lowest BCUT2D eigenvalue weighted by Crippen LogP contribution is -2.57. The Morgan fingerprint density at radius 3 is 2.40 bits per heavy atom. The molecule has 1 aromatic carbocycles. The maximum atomic E-state index is 15.9. The number of nitrogen functional groups attached to an aromatic ring is 1. The summed E-state index contributed by atoms with van der Waals surface area (Å²) in [7, 11) is 1.69. The number of nitrogens with zero attached hydrogens (tertiary/aromatic N) is 6. The molecular weight excluding hydrogens is 530 g/mol. The first-order valence-electron chi connectivity index (χ1n) is 13.4. The van der Waals surface area contributed by atoms with Crippen LogP contribution in [-0.2, 0) is 22.3 Å². The molecule has 0 spiro atoms. The van der Waals surface area contributed by atoms with E-state index < -0.39 is 29.7 Å². The molecule has 0 aliphatic carbocycles. The zero-order valence-electron chi connectivity index (χ0n) is 22.5. The van der Waals surface area contributed by atoms with Crippen molar-refractivity contribution < 1.29 is 27.1 Å². The molecule has 1 atom stereocenters. The number of hydrogen-bond donors (Lipinski definition) is 1. The number of amides is 1. The lowest BCUT2D eigenvalue weighted by atomic mass is 9.90. The Labute approximate surface area is 230 Å². The normalized spacial score (nSPS) is 21.9. The standard InChI is InChI=1S/C27H33F4N7O2/c1-3-40-25-35(2)22-14-19(27(29,30)31)4-5-21(22)38(25)20-6-10-37(11-7-20)23(39)26(28)8-12-36(13-9-26)17-18-15-33-24(32)34-16-18/h14-16,20,25H,3,6-13,17H2,1-2H3,(H2,32,33,34). The topological polar surface area (TPSA) is 91.1 Å². The largest absolute Gasteiger partial charge is 0.424 e. The molecule has 4 heterocycles. The van der Waals surface area contributed by atoms with Crippen molar-refractivity contribution in [3.63, 3.8) is 0 Å². The summed E-state index contributed by atoms with van der Waals surface area (Å²) in [5.41, 5.74) is 4.44. The molecule has 0 bridgehead atoms. The molecule has 3 aliphatic rings. The smallest absolute Gasteiger partial charge is 0.368 e. The fraction of sp³-hybridized carbons (Fsp3) is 0.593.